The highest BCUT2D eigenvalue weighted by molar-refractivity contribution is 8.00. The summed E-state index contributed by atoms with van der Waals surface area (Å²) in [6, 6.07) is 0. The summed E-state index contributed by atoms with van der Waals surface area (Å²) in [7, 11) is 0. The first kappa shape index (κ1) is 6.39. The molecule has 8 heavy (non-hydrogen) atoms. The molecule has 0 aromatic heterocycles. The largest absolute Gasteiger partial charge is 0.395 e. The van der Waals surface area contributed by atoms with Gasteiger partial charge < -0.3 is 10.2 Å². The number of hydrogen-bond donors (Lipinski definition) is 2. The average Bonchev–Trinajstić information content (AvgIpc) is 2.14. The zero-order valence-corrected chi connectivity index (χ0v) is 5.40. The number of aliphatic hydroxyl groups excluding tert-OH is 2. The molecule has 2 N–H and O–H groups in total. The van der Waals surface area contributed by atoms with Crippen molar-refractivity contribution < 1.29 is 10.2 Å². The minimum absolute atomic E-state index is 0.169. The SMILES string of the molecule is OCC1CC(O)CS1. The van der Waals surface area contributed by atoms with E-state index in [4.69, 9.17) is 10.2 Å². The molecule has 0 bridgehead atoms. The monoisotopic (exact) mass is 134 g/mol. The van der Waals surface area contributed by atoms with E-state index >= 15 is 0 Å². The van der Waals surface area contributed by atoms with Crippen LogP contribution in [0.15, 0.2) is 0 Å². The maximum atomic E-state index is 8.90. The lowest BCUT2D eigenvalue weighted by Crippen LogP contribution is -2.08. The van der Waals surface area contributed by atoms with Gasteiger partial charge >= 0.3 is 0 Å². The van der Waals surface area contributed by atoms with Crippen molar-refractivity contribution in [1.29, 1.82) is 0 Å². The Bertz CT molecular complexity index is 76.8. The fraction of sp³-hybridized carbons (Fsp3) is 1.00. The first-order valence-corrected chi connectivity index (χ1v) is 3.78. The van der Waals surface area contributed by atoms with Gasteiger partial charge in [-0.2, -0.15) is 11.8 Å². The quantitative estimate of drug-likeness (QED) is 0.524. The molecule has 0 aromatic rings. The van der Waals surface area contributed by atoms with Crippen LogP contribution < -0.4 is 0 Å². The van der Waals surface area contributed by atoms with Crippen LogP contribution in [0.1, 0.15) is 6.42 Å². The Hall–Kier alpha value is 0.270. The zero-order valence-electron chi connectivity index (χ0n) is 4.58. The topological polar surface area (TPSA) is 40.5 Å². The zero-order chi connectivity index (χ0) is 5.98. The summed E-state index contributed by atoms with van der Waals surface area (Å²) < 4.78 is 0. The van der Waals surface area contributed by atoms with E-state index in [1.54, 1.807) is 11.8 Å². The number of aliphatic hydroxyl groups is 2. The molecule has 1 heterocycles. The smallest absolute Gasteiger partial charge is 0.0642 e. The Morgan fingerprint density at radius 2 is 2.38 bits per heavy atom. The molecule has 48 valence electrons. The van der Waals surface area contributed by atoms with Gasteiger partial charge in [0.2, 0.25) is 0 Å². The second kappa shape index (κ2) is 2.71. The molecular formula is C5H10O2S. The lowest BCUT2D eigenvalue weighted by Gasteiger charge is -1.99. The number of rotatable bonds is 1. The van der Waals surface area contributed by atoms with Crippen LogP contribution in [0.4, 0.5) is 0 Å². The van der Waals surface area contributed by atoms with Crippen molar-refractivity contribution in [2.45, 2.75) is 17.8 Å². The van der Waals surface area contributed by atoms with Gasteiger partial charge in [-0.15, -0.1) is 0 Å². The Labute approximate surface area is 52.9 Å². The molecule has 0 spiro atoms. The van der Waals surface area contributed by atoms with E-state index in [-0.39, 0.29) is 12.7 Å². The first-order valence-electron chi connectivity index (χ1n) is 2.73. The molecule has 3 heteroatoms. The Morgan fingerprint density at radius 1 is 1.62 bits per heavy atom. The molecule has 2 nitrogen and oxygen atoms in total. The molecule has 0 aromatic carbocycles. The van der Waals surface area contributed by atoms with Crippen molar-refractivity contribution in [3.05, 3.63) is 0 Å². The maximum Gasteiger partial charge on any atom is 0.0642 e. The van der Waals surface area contributed by atoms with Crippen LogP contribution in [0, 0.1) is 0 Å². The molecule has 1 rings (SSSR count). The van der Waals surface area contributed by atoms with Crippen molar-refractivity contribution in [3.8, 4) is 0 Å². The molecule has 1 saturated heterocycles. The molecule has 2 unspecified atom stereocenters. The van der Waals surface area contributed by atoms with Gasteiger partial charge in [-0.1, -0.05) is 0 Å². The molecule has 0 radical (unpaired) electrons. The highest BCUT2D eigenvalue weighted by atomic mass is 32.2. The van der Waals surface area contributed by atoms with Gasteiger partial charge in [0, 0.05) is 11.0 Å². The van der Waals surface area contributed by atoms with Gasteiger partial charge in [-0.25, -0.2) is 0 Å². The lowest BCUT2D eigenvalue weighted by atomic mass is 10.2. The standard InChI is InChI=1S/C5H10O2S/c6-2-5-1-4(7)3-8-5/h4-7H,1-3H2. The number of hydrogen-bond acceptors (Lipinski definition) is 3. The Kier molecular flexibility index (Phi) is 2.16. The van der Waals surface area contributed by atoms with Crippen molar-refractivity contribution >= 4 is 11.8 Å². The molecule has 0 saturated carbocycles. The van der Waals surface area contributed by atoms with Gasteiger partial charge in [-0.3, -0.25) is 0 Å². The summed E-state index contributed by atoms with van der Waals surface area (Å²) in [6.45, 7) is 0.210. The first-order chi connectivity index (χ1) is 3.83. The molecule has 0 amide bonds. The average molecular weight is 134 g/mol. The van der Waals surface area contributed by atoms with E-state index in [0.29, 0.717) is 5.25 Å². The fourth-order valence-corrected chi connectivity index (χ4v) is 1.91. The van der Waals surface area contributed by atoms with E-state index in [0.717, 1.165) is 12.2 Å². The molecule has 1 aliphatic rings. The summed E-state index contributed by atoms with van der Waals surface area (Å²) in [5.41, 5.74) is 0. The third kappa shape index (κ3) is 1.37. The van der Waals surface area contributed by atoms with Crippen LogP contribution in [-0.2, 0) is 0 Å². The van der Waals surface area contributed by atoms with Gasteiger partial charge in [-0.05, 0) is 6.42 Å². The highest BCUT2D eigenvalue weighted by Gasteiger charge is 2.21. The van der Waals surface area contributed by atoms with Gasteiger partial charge in [0.05, 0.1) is 12.7 Å². The van der Waals surface area contributed by atoms with Gasteiger partial charge in [0.15, 0.2) is 0 Å². The van der Waals surface area contributed by atoms with Crippen LogP contribution in [0.3, 0.4) is 0 Å². The van der Waals surface area contributed by atoms with Gasteiger partial charge in [0.1, 0.15) is 0 Å². The van der Waals surface area contributed by atoms with Crippen molar-refractivity contribution in [2.24, 2.45) is 0 Å². The normalized spacial score (nSPS) is 38.2. The molecule has 1 aliphatic heterocycles. The maximum absolute atomic E-state index is 8.90. The third-order valence-corrected chi connectivity index (χ3v) is 2.65. The second-order valence-corrected chi connectivity index (χ2v) is 3.36. The van der Waals surface area contributed by atoms with E-state index in [2.05, 4.69) is 0 Å². The van der Waals surface area contributed by atoms with Crippen LogP contribution in [-0.4, -0.2) is 33.9 Å². The summed E-state index contributed by atoms with van der Waals surface area (Å²) in [6.07, 6.45) is 0.596. The molecule has 0 aliphatic carbocycles. The summed E-state index contributed by atoms with van der Waals surface area (Å²) in [5.74, 6) is 0.797. The fourth-order valence-electron chi connectivity index (χ4n) is 0.814. The minimum atomic E-state index is -0.169. The van der Waals surface area contributed by atoms with E-state index in [1.807, 2.05) is 0 Å². The molecule has 2 atom stereocenters. The minimum Gasteiger partial charge on any atom is -0.395 e. The summed E-state index contributed by atoms with van der Waals surface area (Å²) in [4.78, 5) is 0. The van der Waals surface area contributed by atoms with Crippen molar-refractivity contribution in [3.63, 3.8) is 0 Å². The van der Waals surface area contributed by atoms with Crippen molar-refractivity contribution in [2.75, 3.05) is 12.4 Å². The van der Waals surface area contributed by atoms with E-state index in [9.17, 15) is 0 Å². The van der Waals surface area contributed by atoms with Crippen LogP contribution in [0.2, 0.25) is 0 Å². The third-order valence-electron chi connectivity index (χ3n) is 1.26. The lowest BCUT2D eigenvalue weighted by molar-refractivity contribution is 0.184. The van der Waals surface area contributed by atoms with Crippen LogP contribution in [0.5, 0.6) is 0 Å². The van der Waals surface area contributed by atoms with Gasteiger partial charge in [0.25, 0.3) is 0 Å². The Morgan fingerprint density at radius 3 is 2.62 bits per heavy atom. The van der Waals surface area contributed by atoms with E-state index in [1.165, 1.54) is 0 Å². The predicted octanol–water partition coefficient (Wildman–Crippen LogP) is -0.155. The summed E-state index contributed by atoms with van der Waals surface area (Å²) >= 11 is 1.65. The summed E-state index contributed by atoms with van der Waals surface area (Å²) in [5, 5.41) is 17.7. The molecular weight excluding hydrogens is 124 g/mol. The number of thioether (sulfide) groups is 1. The highest BCUT2D eigenvalue weighted by Crippen LogP contribution is 2.25. The second-order valence-electron chi connectivity index (χ2n) is 2.03. The molecule has 1 fully saturated rings. The predicted molar refractivity (Wildman–Crippen MR) is 34.0 cm³/mol. The van der Waals surface area contributed by atoms with Crippen LogP contribution >= 0.6 is 11.8 Å². The van der Waals surface area contributed by atoms with Crippen LogP contribution in [0.25, 0.3) is 0 Å². The Balaban J connectivity index is 2.22. The van der Waals surface area contributed by atoms with Crippen molar-refractivity contribution in [1.82, 2.24) is 0 Å². The van der Waals surface area contributed by atoms with E-state index < -0.39 is 0 Å².